The smallest absolute Gasteiger partial charge is 0.264 e. The molecule has 2 aromatic carbocycles. The quantitative estimate of drug-likeness (QED) is 0.882. The van der Waals surface area contributed by atoms with E-state index in [1.807, 2.05) is 0 Å². The molecule has 0 radical (unpaired) electrons. The van der Waals surface area contributed by atoms with Crippen molar-refractivity contribution in [2.45, 2.75) is 11.8 Å². The van der Waals surface area contributed by atoms with Crippen LogP contribution in [0.2, 0.25) is 0 Å². The Morgan fingerprint density at radius 2 is 1.59 bits per heavy atom. The summed E-state index contributed by atoms with van der Waals surface area (Å²) < 4.78 is 27.2. The number of rotatable bonds is 4. The van der Waals surface area contributed by atoms with Crippen LogP contribution in [0, 0.1) is 0 Å². The van der Waals surface area contributed by atoms with Crippen molar-refractivity contribution in [3.05, 3.63) is 53.0 Å². The zero-order valence-electron chi connectivity index (χ0n) is 12.1. The molecule has 5 nitrogen and oxygen atoms in total. The van der Waals surface area contributed by atoms with Gasteiger partial charge in [0.1, 0.15) is 0 Å². The van der Waals surface area contributed by atoms with Crippen molar-refractivity contribution in [1.29, 1.82) is 0 Å². The number of sulfonamides is 1. The Labute approximate surface area is 138 Å². The Morgan fingerprint density at radius 3 is 2.09 bits per heavy atom. The van der Waals surface area contributed by atoms with E-state index in [0.717, 1.165) is 4.47 Å². The van der Waals surface area contributed by atoms with E-state index in [1.165, 1.54) is 30.4 Å². The fourth-order valence-corrected chi connectivity index (χ4v) is 3.32. The lowest BCUT2D eigenvalue weighted by molar-refractivity contribution is -0.114. The normalized spacial score (nSPS) is 11.0. The molecule has 0 atom stereocenters. The summed E-state index contributed by atoms with van der Waals surface area (Å²) in [5, 5.41) is 2.60. The van der Waals surface area contributed by atoms with Crippen LogP contribution in [0.3, 0.4) is 0 Å². The van der Waals surface area contributed by atoms with E-state index in [-0.39, 0.29) is 10.8 Å². The first kappa shape index (κ1) is 16.5. The fourth-order valence-electron chi connectivity index (χ4n) is 1.86. The average molecular weight is 383 g/mol. The van der Waals surface area contributed by atoms with Crippen molar-refractivity contribution in [1.82, 2.24) is 0 Å². The lowest BCUT2D eigenvalue weighted by Crippen LogP contribution is -2.26. The topological polar surface area (TPSA) is 66.5 Å². The number of nitrogens with one attached hydrogen (secondary N) is 1. The Kier molecular flexibility index (Phi) is 4.87. The van der Waals surface area contributed by atoms with Crippen LogP contribution in [-0.2, 0) is 14.8 Å². The Balaban J connectivity index is 2.29. The van der Waals surface area contributed by atoms with Crippen LogP contribution in [-0.4, -0.2) is 21.4 Å². The van der Waals surface area contributed by atoms with Gasteiger partial charge < -0.3 is 5.32 Å². The molecule has 0 fully saturated rings. The summed E-state index contributed by atoms with van der Waals surface area (Å²) in [7, 11) is -2.14. The van der Waals surface area contributed by atoms with Gasteiger partial charge in [0.05, 0.1) is 10.6 Å². The van der Waals surface area contributed by atoms with E-state index in [9.17, 15) is 13.2 Å². The SMILES string of the molecule is CC(=O)Nc1ccc(S(=O)(=O)N(C)c2ccc(Br)cc2)cc1. The highest BCUT2D eigenvalue weighted by atomic mass is 79.9. The molecule has 0 aromatic heterocycles. The first-order valence-corrected chi connectivity index (χ1v) is 8.66. The van der Waals surface area contributed by atoms with E-state index < -0.39 is 10.0 Å². The van der Waals surface area contributed by atoms with Gasteiger partial charge in [0.15, 0.2) is 0 Å². The molecule has 0 heterocycles. The number of anilines is 2. The number of nitrogens with zero attached hydrogens (tertiary/aromatic N) is 1. The van der Waals surface area contributed by atoms with Crippen LogP contribution < -0.4 is 9.62 Å². The molecule has 0 spiro atoms. The van der Waals surface area contributed by atoms with Crippen LogP contribution in [0.25, 0.3) is 0 Å². The van der Waals surface area contributed by atoms with Crippen LogP contribution in [0.15, 0.2) is 57.9 Å². The standard InChI is InChI=1S/C15H15BrN2O3S/c1-11(19)17-13-5-9-15(10-6-13)22(20,21)18(2)14-7-3-12(16)4-8-14/h3-10H,1-2H3,(H,17,19). The van der Waals surface area contributed by atoms with E-state index >= 15 is 0 Å². The third kappa shape index (κ3) is 3.66. The molecule has 7 heteroatoms. The second-order valence-corrected chi connectivity index (χ2v) is 7.54. The van der Waals surface area contributed by atoms with Gasteiger partial charge >= 0.3 is 0 Å². The van der Waals surface area contributed by atoms with E-state index in [1.54, 1.807) is 36.4 Å². The minimum atomic E-state index is -3.64. The average Bonchev–Trinajstić information content (AvgIpc) is 2.47. The predicted molar refractivity (Wildman–Crippen MR) is 90.5 cm³/mol. The first-order chi connectivity index (χ1) is 10.3. The van der Waals surface area contributed by atoms with E-state index in [2.05, 4.69) is 21.2 Å². The minimum absolute atomic E-state index is 0.159. The van der Waals surface area contributed by atoms with Gasteiger partial charge in [-0.05, 0) is 48.5 Å². The molecular weight excluding hydrogens is 368 g/mol. The van der Waals surface area contributed by atoms with Crippen molar-refractivity contribution in [2.75, 3.05) is 16.7 Å². The lowest BCUT2D eigenvalue weighted by atomic mass is 10.3. The minimum Gasteiger partial charge on any atom is -0.326 e. The Hall–Kier alpha value is -1.86. The molecule has 116 valence electrons. The molecule has 0 aliphatic heterocycles. The van der Waals surface area contributed by atoms with Gasteiger partial charge in [-0.25, -0.2) is 8.42 Å². The molecule has 0 saturated carbocycles. The number of hydrogen-bond acceptors (Lipinski definition) is 3. The molecule has 0 saturated heterocycles. The van der Waals surface area contributed by atoms with Crippen LogP contribution >= 0.6 is 15.9 Å². The number of carbonyl (C=O) groups is 1. The van der Waals surface area contributed by atoms with Gasteiger partial charge in [-0.1, -0.05) is 15.9 Å². The zero-order valence-corrected chi connectivity index (χ0v) is 14.5. The molecule has 2 aromatic rings. The summed E-state index contributed by atoms with van der Waals surface area (Å²) in [4.78, 5) is 11.1. The fraction of sp³-hybridized carbons (Fsp3) is 0.133. The number of amides is 1. The highest BCUT2D eigenvalue weighted by molar-refractivity contribution is 9.10. The number of halogens is 1. The third-order valence-corrected chi connectivity index (χ3v) is 5.35. The van der Waals surface area contributed by atoms with Crippen LogP contribution in [0.4, 0.5) is 11.4 Å². The zero-order chi connectivity index (χ0) is 16.3. The van der Waals surface area contributed by atoms with Crippen molar-refractivity contribution < 1.29 is 13.2 Å². The van der Waals surface area contributed by atoms with Crippen molar-refractivity contribution in [2.24, 2.45) is 0 Å². The van der Waals surface area contributed by atoms with E-state index in [4.69, 9.17) is 0 Å². The van der Waals surface area contributed by atoms with Gasteiger partial charge in [0.2, 0.25) is 5.91 Å². The molecule has 1 N–H and O–H groups in total. The summed E-state index contributed by atoms with van der Waals surface area (Å²) in [6, 6.07) is 13.0. The van der Waals surface area contributed by atoms with Gasteiger partial charge in [0, 0.05) is 24.1 Å². The van der Waals surface area contributed by atoms with Crippen molar-refractivity contribution >= 4 is 43.2 Å². The largest absolute Gasteiger partial charge is 0.326 e. The summed E-state index contributed by atoms with van der Waals surface area (Å²) in [5.74, 6) is -0.206. The predicted octanol–water partition coefficient (Wildman–Crippen LogP) is 3.23. The first-order valence-electron chi connectivity index (χ1n) is 6.43. The van der Waals surface area contributed by atoms with Gasteiger partial charge in [-0.15, -0.1) is 0 Å². The monoisotopic (exact) mass is 382 g/mol. The summed E-state index contributed by atoms with van der Waals surface area (Å²) in [6.07, 6.45) is 0. The Morgan fingerprint density at radius 1 is 1.05 bits per heavy atom. The molecular formula is C15H15BrN2O3S. The maximum absolute atomic E-state index is 12.6. The summed E-state index contributed by atoms with van der Waals surface area (Å²) in [5.41, 5.74) is 1.12. The second kappa shape index (κ2) is 6.50. The highest BCUT2D eigenvalue weighted by Crippen LogP contribution is 2.24. The van der Waals surface area contributed by atoms with Gasteiger partial charge in [-0.2, -0.15) is 0 Å². The molecule has 0 unspecified atom stereocenters. The highest BCUT2D eigenvalue weighted by Gasteiger charge is 2.21. The number of hydrogen-bond donors (Lipinski definition) is 1. The molecule has 22 heavy (non-hydrogen) atoms. The van der Waals surface area contributed by atoms with Crippen LogP contribution in [0.5, 0.6) is 0 Å². The van der Waals surface area contributed by atoms with Crippen molar-refractivity contribution in [3.8, 4) is 0 Å². The second-order valence-electron chi connectivity index (χ2n) is 4.65. The number of benzene rings is 2. The summed E-state index contributed by atoms with van der Waals surface area (Å²) >= 11 is 3.32. The van der Waals surface area contributed by atoms with Gasteiger partial charge in [-0.3, -0.25) is 9.10 Å². The Bertz CT molecular complexity index is 771. The van der Waals surface area contributed by atoms with E-state index in [0.29, 0.717) is 11.4 Å². The molecule has 0 bridgehead atoms. The third-order valence-electron chi connectivity index (χ3n) is 3.02. The molecule has 1 amide bonds. The summed E-state index contributed by atoms with van der Waals surface area (Å²) in [6.45, 7) is 1.39. The molecule has 0 aliphatic rings. The maximum Gasteiger partial charge on any atom is 0.264 e. The maximum atomic E-state index is 12.6. The molecule has 0 aliphatic carbocycles. The van der Waals surface area contributed by atoms with Crippen molar-refractivity contribution in [3.63, 3.8) is 0 Å². The van der Waals surface area contributed by atoms with Crippen LogP contribution in [0.1, 0.15) is 6.92 Å². The lowest BCUT2D eigenvalue weighted by Gasteiger charge is -2.19. The van der Waals surface area contributed by atoms with Gasteiger partial charge in [0.25, 0.3) is 10.0 Å². The molecule has 2 rings (SSSR count). The number of carbonyl (C=O) groups excluding carboxylic acids is 1.